The highest BCUT2D eigenvalue weighted by atomic mass is 16.4. The molecular weight excluding hydrogens is 394 g/mol. The molecule has 166 valence electrons. The second kappa shape index (κ2) is 12.6. The van der Waals surface area contributed by atoms with E-state index in [0.717, 1.165) is 0 Å². The summed E-state index contributed by atoms with van der Waals surface area (Å²) < 4.78 is 0. The molecule has 5 atom stereocenters. The van der Waals surface area contributed by atoms with Crippen LogP contribution in [0.25, 0.3) is 0 Å². The Hall–Kier alpha value is -2.81. The third-order valence-electron chi connectivity index (χ3n) is 3.75. The molecule has 0 spiro atoms. The van der Waals surface area contributed by atoms with E-state index in [-0.39, 0.29) is 12.8 Å². The second-order valence-electron chi connectivity index (χ2n) is 6.16. The topological polar surface area (TPSA) is 254 Å². The SMILES string of the molecule is CC(O)C(N)C(=O)NC(CCC(N)=O)C(=O)NC(CO)C(=O)NC(CO)C(=O)O. The standard InChI is InChI=1S/C15H27N5O9/c1-6(23)11(17)14(27)18-7(2-3-10(16)24)12(25)19-8(4-21)13(26)20-9(5-22)15(28)29/h6-9,11,21-23H,2-5,17H2,1H3,(H2,16,24)(H,18,27)(H,19,25)(H,20,26)(H,28,29). The molecule has 0 saturated heterocycles. The number of aliphatic hydroxyl groups is 3. The summed E-state index contributed by atoms with van der Waals surface area (Å²) in [7, 11) is 0. The van der Waals surface area contributed by atoms with E-state index in [4.69, 9.17) is 21.7 Å². The van der Waals surface area contributed by atoms with E-state index >= 15 is 0 Å². The lowest BCUT2D eigenvalue weighted by Gasteiger charge is -2.24. The Kier molecular flexibility index (Phi) is 11.4. The summed E-state index contributed by atoms with van der Waals surface area (Å²) in [5, 5.41) is 42.6. The van der Waals surface area contributed by atoms with Gasteiger partial charge < -0.3 is 47.8 Å². The number of carbonyl (C=O) groups is 5. The summed E-state index contributed by atoms with van der Waals surface area (Å²) in [4.78, 5) is 58.2. The molecule has 0 aliphatic carbocycles. The Labute approximate surface area is 165 Å². The molecular formula is C15H27N5O9. The van der Waals surface area contributed by atoms with E-state index in [1.165, 1.54) is 6.92 Å². The highest BCUT2D eigenvalue weighted by molar-refractivity contribution is 5.94. The summed E-state index contributed by atoms with van der Waals surface area (Å²) in [6.45, 7) is -0.615. The van der Waals surface area contributed by atoms with E-state index in [9.17, 15) is 34.2 Å². The van der Waals surface area contributed by atoms with E-state index in [1.54, 1.807) is 0 Å². The van der Waals surface area contributed by atoms with Gasteiger partial charge in [-0.25, -0.2) is 4.79 Å². The van der Waals surface area contributed by atoms with Gasteiger partial charge in [-0.05, 0) is 13.3 Å². The van der Waals surface area contributed by atoms with Gasteiger partial charge in [-0.2, -0.15) is 0 Å². The molecule has 0 aromatic rings. The first-order chi connectivity index (χ1) is 13.4. The highest BCUT2D eigenvalue weighted by Crippen LogP contribution is 2.01. The first kappa shape index (κ1) is 26.2. The maximum Gasteiger partial charge on any atom is 0.328 e. The minimum Gasteiger partial charge on any atom is -0.480 e. The van der Waals surface area contributed by atoms with Crippen molar-refractivity contribution in [3.63, 3.8) is 0 Å². The lowest BCUT2D eigenvalue weighted by atomic mass is 10.1. The number of carboxylic acids is 1. The van der Waals surface area contributed by atoms with E-state index in [2.05, 4.69) is 10.6 Å². The molecule has 4 amide bonds. The number of rotatable bonds is 13. The molecule has 0 aliphatic rings. The van der Waals surface area contributed by atoms with Crippen LogP contribution in [0.2, 0.25) is 0 Å². The number of nitrogens with two attached hydrogens (primary N) is 2. The molecule has 14 nitrogen and oxygen atoms in total. The number of aliphatic hydroxyl groups excluding tert-OH is 3. The Balaban J connectivity index is 5.23. The number of carboxylic acid groups (broad SMARTS) is 1. The van der Waals surface area contributed by atoms with Gasteiger partial charge in [-0.3, -0.25) is 19.2 Å². The van der Waals surface area contributed by atoms with Crippen molar-refractivity contribution in [2.75, 3.05) is 13.2 Å². The summed E-state index contributed by atoms with van der Waals surface area (Å²) in [6.07, 6.45) is -1.82. The Bertz CT molecular complexity index is 613. The zero-order chi connectivity index (χ0) is 22.7. The quantitative estimate of drug-likeness (QED) is 0.136. The summed E-state index contributed by atoms with van der Waals surface area (Å²) in [5.41, 5.74) is 10.5. The van der Waals surface area contributed by atoms with Crippen LogP contribution < -0.4 is 27.4 Å². The molecule has 0 aromatic carbocycles. The fourth-order valence-electron chi connectivity index (χ4n) is 1.97. The molecule has 5 unspecified atom stereocenters. The molecule has 0 radical (unpaired) electrons. The van der Waals surface area contributed by atoms with Crippen molar-refractivity contribution in [1.82, 2.24) is 16.0 Å². The number of nitrogens with one attached hydrogen (secondary N) is 3. The first-order valence-electron chi connectivity index (χ1n) is 8.52. The predicted molar refractivity (Wildman–Crippen MR) is 95.7 cm³/mol. The van der Waals surface area contributed by atoms with E-state index in [1.807, 2.05) is 5.32 Å². The van der Waals surface area contributed by atoms with E-state index in [0.29, 0.717) is 0 Å². The largest absolute Gasteiger partial charge is 0.480 e. The van der Waals surface area contributed by atoms with Gasteiger partial charge in [0.05, 0.1) is 19.3 Å². The van der Waals surface area contributed by atoms with Crippen LogP contribution in [0.4, 0.5) is 0 Å². The normalized spacial score (nSPS) is 15.9. The third-order valence-corrected chi connectivity index (χ3v) is 3.75. The van der Waals surface area contributed by atoms with E-state index < -0.39 is 73.1 Å². The number of amides is 4. The number of carbonyl (C=O) groups excluding carboxylic acids is 4. The second-order valence-corrected chi connectivity index (χ2v) is 6.16. The monoisotopic (exact) mass is 421 g/mol. The first-order valence-corrected chi connectivity index (χ1v) is 8.52. The molecule has 0 heterocycles. The molecule has 0 aromatic heterocycles. The maximum atomic E-state index is 12.4. The molecule has 0 aliphatic heterocycles. The van der Waals surface area contributed by atoms with Gasteiger partial charge in [0.15, 0.2) is 0 Å². The van der Waals surface area contributed by atoms with Gasteiger partial charge in [0.25, 0.3) is 0 Å². The highest BCUT2D eigenvalue weighted by Gasteiger charge is 2.30. The fourth-order valence-corrected chi connectivity index (χ4v) is 1.97. The molecule has 11 N–H and O–H groups in total. The smallest absolute Gasteiger partial charge is 0.328 e. The van der Waals surface area contributed by atoms with Crippen LogP contribution in [0.1, 0.15) is 19.8 Å². The van der Waals surface area contributed by atoms with Gasteiger partial charge in [-0.15, -0.1) is 0 Å². The van der Waals surface area contributed by atoms with Gasteiger partial charge in [-0.1, -0.05) is 0 Å². The summed E-state index contributed by atoms with van der Waals surface area (Å²) in [6, 6.07) is -6.05. The van der Waals surface area contributed by atoms with Crippen LogP contribution in [0.5, 0.6) is 0 Å². The Morgan fingerprint density at radius 1 is 0.862 bits per heavy atom. The summed E-state index contributed by atoms with van der Waals surface area (Å²) in [5.74, 6) is -5.34. The minimum atomic E-state index is -1.66. The van der Waals surface area contributed by atoms with Crippen LogP contribution in [-0.4, -0.2) is 93.5 Å². The number of hydrogen-bond donors (Lipinski definition) is 9. The number of aliphatic carboxylic acids is 1. The fraction of sp³-hybridized carbons (Fsp3) is 0.667. The average Bonchev–Trinajstić information content (AvgIpc) is 2.65. The summed E-state index contributed by atoms with van der Waals surface area (Å²) >= 11 is 0. The number of hydrogen-bond acceptors (Lipinski definition) is 9. The van der Waals surface area contributed by atoms with Crippen molar-refractivity contribution in [3.05, 3.63) is 0 Å². The van der Waals surface area contributed by atoms with Crippen molar-refractivity contribution in [2.24, 2.45) is 11.5 Å². The Morgan fingerprint density at radius 3 is 1.72 bits per heavy atom. The van der Waals surface area contributed by atoms with Gasteiger partial charge in [0.1, 0.15) is 24.2 Å². The molecule has 29 heavy (non-hydrogen) atoms. The molecule has 0 rings (SSSR count). The van der Waals surface area contributed by atoms with Gasteiger partial charge in [0.2, 0.25) is 23.6 Å². The van der Waals surface area contributed by atoms with Crippen LogP contribution in [-0.2, 0) is 24.0 Å². The lowest BCUT2D eigenvalue weighted by Crippen LogP contribution is -2.59. The van der Waals surface area contributed by atoms with Crippen LogP contribution in [0.3, 0.4) is 0 Å². The van der Waals surface area contributed by atoms with Gasteiger partial charge in [0, 0.05) is 6.42 Å². The Morgan fingerprint density at radius 2 is 1.31 bits per heavy atom. The van der Waals surface area contributed by atoms with Crippen LogP contribution >= 0.6 is 0 Å². The zero-order valence-electron chi connectivity index (χ0n) is 15.7. The molecule has 0 saturated carbocycles. The van der Waals surface area contributed by atoms with Crippen LogP contribution in [0.15, 0.2) is 0 Å². The minimum absolute atomic E-state index is 0.270. The van der Waals surface area contributed by atoms with Crippen LogP contribution in [0, 0.1) is 0 Å². The van der Waals surface area contributed by atoms with Gasteiger partial charge >= 0.3 is 5.97 Å². The molecule has 0 bridgehead atoms. The predicted octanol–water partition coefficient (Wildman–Crippen LogP) is -5.52. The van der Waals surface area contributed by atoms with Crippen molar-refractivity contribution < 1.29 is 44.4 Å². The number of primary amides is 1. The van der Waals surface area contributed by atoms with Crippen molar-refractivity contribution in [2.45, 2.75) is 50.0 Å². The lowest BCUT2D eigenvalue weighted by molar-refractivity contribution is -0.143. The average molecular weight is 421 g/mol. The maximum absolute atomic E-state index is 12.4. The molecule has 14 heteroatoms. The van der Waals surface area contributed by atoms with Crippen molar-refractivity contribution in [3.8, 4) is 0 Å². The van der Waals surface area contributed by atoms with Crippen molar-refractivity contribution >= 4 is 29.6 Å². The third kappa shape index (κ3) is 9.29. The molecule has 0 fully saturated rings. The zero-order valence-corrected chi connectivity index (χ0v) is 15.7. The van der Waals surface area contributed by atoms with Crippen molar-refractivity contribution in [1.29, 1.82) is 0 Å².